The van der Waals surface area contributed by atoms with E-state index in [-0.39, 0.29) is 37.6 Å². The van der Waals surface area contributed by atoms with Crippen LogP contribution in [0.15, 0.2) is 114 Å². The fourth-order valence-electron chi connectivity index (χ4n) is 5.39. The highest BCUT2D eigenvalue weighted by Crippen LogP contribution is 2.38. The average molecular weight is 702 g/mol. The van der Waals surface area contributed by atoms with Crippen LogP contribution in [0.3, 0.4) is 0 Å². The van der Waals surface area contributed by atoms with Gasteiger partial charge >= 0.3 is 23.9 Å². The van der Waals surface area contributed by atoms with Crippen molar-refractivity contribution in [1.82, 2.24) is 4.57 Å². The van der Waals surface area contributed by atoms with Crippen LogP contribution >= 0.6 is 23.2 Å². The predicted octanol–water partition coefficient (Wildman–Crippen LogP) is 6.21. The number of carbonyl (C=O) groups excluding carboxylic acids is 3. The van der Waals surface area contributed by atoms with Gasteiger partial charge in [-0.15, -0.1) is 0 Å². The van der Waals surface area contributed by atoms with Crippen molar-refractivity contribution in [2.24, 2.45) is 0 Å². The molecule has 248 valence electrons. The monoisotopic (exact) mass is 701 g/mol. The zero-order valence-electron chi connectivity index (χ0n) is 25.2. The molecular weight excluding hydrogens is 677 g/mol. The molecule has 1 N–H and O–H groups in total. The van der Waals surface area contributed by atoms with Crippen molar-refractivity contribution in [3.63, 3.8) is 0 Å². The summed E-state index contributed by atoms with van der Waals surface area (Å²) in [4.78, 5) is 65.4. The normalized spacial score (nSPS) is 18.5. The first-order valence-corrected chi connectivity index (χ1v) is 15.5. The van der Waals surface area contributed by atoms with Crippen molar-refractivity contribution in [2.45, 2.75) is 24.5 Å². The van der Waals surface area contributed by atoms with Gasteiger partial charge in [0.15, 0.2) is 18.4 Å². The Morgan fingerprint density at radius 2 is 1.20 bits per heavy atom. The van der Waals surface area contributed by atoms with Gasteiger partial charge in [-0.25, -0.2) is 19.2 Å². The molecule has 1 aromatic heterocycles. The summed E-state index contributed by atoms with van der Waals surface area (Å²) in [6, 6.07) is 26.7. The summed E-state index contributed by atoms with van der Waals surface area (Å²) in [7, 11) is 0. The van der Waals surface area contributed by atoms with Gasteiger partial charge in [0, 0.05) is 11.6 Å². The Labute approximate surface area is 288 Å². The lowest BCUT2D eigenvalue weighted by Crippen LogP contribution is -2.41. The Balaban J connectivity index is 1.48. The number of pyridine rings is 1. The Kier molecular flexibility index (Phi) is 9.77. The summed E-state index contributed by atoms with van der Waals surface area (Å²) in [6.07, 6.45) is -4.59. The number of halogens is 2. The molecule has 0 radical (unpaired) electrons. The SMILES string of the molecule is O=C(OC[C@H]1O[C@@H](n2cc(C(=O)O)c(=O)c3cc(Cl)c(Cl)cc32)[C@H](OC(=O)c2ccccc2)[C@@H]1OC(=O)c1ccccc1)c1ccccc1. The molecule has 0 bridgehead atoms. The third-order valence-corrected chi connectivity index (χ3v) is 8.48. The minimum atomic E-state index is -1.55. The van der Waals surface area contributed by atoms with Crippen LogP contribution < -0.4 is 5.43 Å². The highest BCUT2D eigenvalue weighted by molar-refractivity contribution is 6.42. The maximum atomic E-state index is 13.5. The molecule has 11 nitrogen and oxygen atoms in total. The summed E-state index contributed by atoms with van der Waals surface area (Å²) in [5, 5.41) is 9.85. The minimum absolute atomic E-state index is 0.0138. The van der Waals surface area contributed by atoms with E-state index in [9.17, 15) is 29.1 Å². The van der Waals surface area contributed by atoms with Gasteiger partial charge in [-0.3, -0.25) is 4.79 Å². The molecule has 2 heterocycles. The van der Waals surface area contributed by atoms with Crippen LogP contribution in [0, 0.1) is 0 Å². The fourth-order valence-corrected chi connectivity index (χ4v) is 5.71. The van der Waals surface area contributed by atoms with E-state index >= 15 is 0 Å². The van der Waals surface area contributed by atoms with E-state index in [2.05, 4.69) is 0 Å². The topological polar surface area (TPSA) is 147 Å². The summed E-state index contributed by atoms with van der Waals surface area (Å²) in [5.41, 5.74) is -0.870. The van der Waals surface area contributed by atoms with Crippen LogP contribution in [-0.4, -0.2) is 58.5 Å². The lowest BCUT2D eigenvalue weighted by Gasteiger charge is -2.26. The van der Waals surface area contributed by atoms with Crippen molar-refractivity contribution in [3.05, 3.63) is 152 Å². The smallest absolute Gasteiger partial charge is 0.341 e. The number of rotatable bonds is 9. The molecule has 1 saturated heterocycles. The molecule has 0 aliphatic carbocycles. The van der Waals surface area contributed by atoms with Gasteiger partial charge in [-0.2, -0.15) is 0 Å². The Morgan fingerprint density at radius 1 is 0.714 bits per heavy atom. The van der Waals surface area contributed by atoms with E-state index in [4.69, 9.17) is 42.1 Å². The zero-order chi connectivity index (χ0) is 34.7. The maximum absolute atomic E-state index is 13.5. The predicted molar refractivity (Wildman–Crippen MR) is 177 cm³/mol. The molecule has 6 rings (SSSR count). The van der Waals surface area contributed by atoms with Gasteiger partial charge in [0.1, 0.15) is 18.3 Å². The first-order valence-electron chi connectivity index (χ1n) is 14.8. The highest BCUT2D eigenvalue weighted by Gasteiger charge is 2.51. The number of aromatic nitrogens is 1. The first kappa shape index (κ1) is 33.4. The quantitative estimate of drug-likeness (QED) is 0.139. The molecule has 0 amide bonds. The standard InChI is InChI=1S/C36H25Cl2NO10/c37-25-16-23-27(17-26(25)38)39(18-24(29(23)40)33(41)42)32-31(49-36(45)22-14-8-3-9-15-22)30(48-35(44)21-12-6-2-7-13-21)28(47-32)19-46-34(43)20-10-4-1-5-11-20/h1-18,28,30-32H,19H2,(H,41,42)/t28-,30-,31-,32-/m1/s1. The number of ether oxygens (including phenoxy) is 4. The molecule has 4 aromatic carbocycles. The van der Waals surface area contributed by atoms with Crippen LogP contribution in [0.2, 0.25) is 10.0 Å². The third kappa shape index (κ3) is 7.05. The van der Waals surface area contributed by atoms with E-state index in [1.165, 1.54) is 41.0 Å². The summed E-state index contributed by atoms with van der Waals surface area (Å²) < 4.78 is 25.1. The van der Waals surface area contributed by atoms with E-state index in [0.717, 1.165) is 6.20 Å². The molecular formula is C36H25Cl2NO10. The average Bonchev–Trinajstić information content (AvgIpc) is 3.44. The zero-order valence-corrected chi connectivity index (χ0v) is 26.7. The van der Waals surface area contributed by atoms with Gasteiger partial charge in [0.2, 0.25) is 5.43 Å². The second kappa shape index (κ2) is 14.3. The largest absolute Gasteiger partial charge is 0.477 e. The van der Waals surface area contributed by atoms with E-state index in [0.29, 0.717) is 0 Å². The van der Waals surface area contributed by atoms with Gasteiger partial charge in [-0.1, -0.05) is 77.8 Å². The molecule has 13 heteroatoms. The van der Waals surface area contributed by atoms with Crippen LogP contribution in [0.25, 0.3) is 10.9 Å². The molecule has 1 aliphatic rings. The van der Waals surface area contributed by atoms with Crippen LogP contribution in [0.5, 0.6) is 0 Å². The summed E-state index contributed by atoms with van der Waals surface area (Å²) in [5.74, 6) is -3.89. The summed E-state index contributed by atoms with van der Waals surface area (Å²) >= 11 is 12.6. The number of hydrogen-bond acceptors (Lipinski definition) is 9. The van der Waals surface area contributed by atoms with E-state index < -0.39 is 66.0 Å². The fraction of sp³-hybridized carbons (Fsp3) is 0.139. The molecule has 0 spiro atoms. The third-order valence-electron chi connectivity index (χ3n) is 7.76. The van der Waals surface area contributed by atoms with Crippen molar-refractivity contribution in [2.75, 3.05) is 6.61 Å². The van der Waals surface area contributed by atoms with Crippen LogP contribution in [0.1, 0.15) is 47.7 Å². The second-order valence-electron chi connectivity index (χ2n) is 10.9. The van der Waals surface area contributed by atoms with Crippen molar-refractivity contribution < 1.29 is 43.2 Å². The van der Waals surface area contributed by atoms with E-state index in [1.54, 1.807) is 66.7 Å². The number of carbonyl (C=O) groups is 4. The van der Waals surface area contributed by atoms with Gasteiger partial charge in [0.25, 0.3) is 0 Å². The number of carboxylic acid groups (broad SMARTS) is 1. The second-order valence-corrected chi connectivity index (χ2v) is 11.7. The van der Waals surface area contributed by atoms with Crippen LogP contribution in [0.4, 0.5) is 0 Å². The molecule has 1 fully saturated rings. The van der Waals surface area contributed by atoms with Crippen molar-refractivity contribution in [1.29, 1.82) is 0 Å². The number of benzene rings is 4. The number of esters is 3. The van der Waals surface area contributed by atoms with Gasteiger partial charge in [0.05, 0.1) is 32.3 Å². The summed E-state index contributed by atoms with van der Waals surface area (Å²) in [6.45, 7) is -0.479. The van der Waals surface area contributed by atoms with Crippen molar-refractivity contribution in [3.8, 4) is 0 Å². The molecule has 1 aliphatic heterocycles. The molecule has 5 aromatic rings. The number of fused-ring (bicyclic) bond motifs is 1. The highest BCUT2D eigenvalue weighted by atomic mass is 35.5. The lowest BCUT2D eigenvalue weighted by atomic mass is 10.1. The lowest BCUT2D eigenvalue weighted by molar-refractivity contribution is -0.0605. The van der Waals surface area contributed by atoms with E-state index in [1.807, 2.05) is 0 Å². The Bertz CT molecular complexity index is 2110. The van der Waals surface area contributed by atoms with Gasteiger partial charge < -0.3 is 28.6 Å². The number of hydrogen-bond donors (Lipinski definition) is 1. The molecule has 4 atom stereocenters. The number of aromatic carboxylic acids is 1. The molecule has 0 unspecified atom stereocenters. The minimum Gasteiger partial charge on any atom is -0.477 e. The maximum Gasteiger partial charge on any atom is 0.341 e. The molecule has 0 saturated carbocycles. The Morgan fingerprint density at radius 3 is 1.73 bits per heavy atom. The van der Waals surface area contributed by atoms with Crippen LogP contribution in [-0.2, 0) is 18.9 Å². The number of carboxylic acids is 1. The Hall–Kier alpha value is -5.49. The first-order chi connectivity index (χ1) is 23.6. The van der Waals surface area contributed by atoms with Gasteiger partial charge in [-0.05, 0) is 48.5 Å². The van der Waals surface area contributed by atoms with Crippen molar-refractivity contribution >= 4 is 58.0 Å². The number of nitrogens with zero attached hydrogens (tertiary/aromatic N) is 1. The molecule has 49 heavy (non-hydrogen) atoms.